The average molecular weight is 206 g/mol. The lowest BCUT2D eigenvalue weighted by Crippen LogP contribution is -2.29. The Balaban J connectivity index is 2.50. The fraction of sp³-hybridized carbons (Fsp3) is 0.417. The maximum absolute atomic E-state index is 10.8. The predicted octanol–water partition coefficient (Wildman–Crippen LogP) is 2.19. The Morgan fingerprint density at radius 2 is 2.20 bits per heavy atom. The van der Waals surface area contributed by atoms with Crippen LogP contribution >= 0.6 is 0 Å². The van der Waals surface area contributed by atoms with Crippen LogP contribution in [0.2, 0.25) is 0 Å². The van der Waals surface area contributed by atoms with Gasteiger partial charge < -0.3 is 9.84 Å². The van der Waals surface area contributed by atoms with Crippen LogP contribution in [-0.2, 0) is 16.8 Å². The Labute approximate surface area is 88.7 Å². The number of ether oxygens (including phenoxy) is 1. The van der Waals surface area contributed by atoms with E-state index in [4.69, 9.17) is 9.84 Å². The van der Waals surface area contributed by atoms with Crippen LogP contribution in [-0.4, -0.2) is 17.7 Å². The number of hydrogen-bond acceptors (Lipinski definition) is 2. The number of carboxylic acids is 1. The summed E-state index contributed by atoms with van der Waals surface area (Å²) in [5, 5.41) is 8.89. The number of fused-ring (bicyclic) bond motifs is 1. The van der Waals surface area contributed by atoms with Gasteiger partial charge in [0.25, 0.3) is 0 Å². The number of benzene rings is 1. The lowest BCUT2D eigenvalue weighted by atomic mass is 9.88. The second-order valence-electron chi connectivity index (χ2n) is 4.29. The molecule has 0 radical (unpaired) electrons. The van der Waals surface area contributed by atoms with Crippen LogP contribution < -0.4 is 0 Å². The van der Waals surface area contributed by atoms with Crippen LogP contribution in [0.25, 0.3) is 0 Å². The highest BCUT2D eigenvalue weighted by molar-refractivity contribution is 5.88. The van der Waals surface area contributed by atoms with Gasteiger partial charge in [-0.15, -0.1) is 0 Å². The molecule has 1 aliphatic rings. The van der Waals surface area contributed by atoms with Gasteiger partial charge in [0.15, 0.2) is 0 Å². The molecule has 0 unspecified atom stereocenters. The number of rotatable bonds is 1. The first kappa shape index (κ1) is 10.2. The van der Waals surface area contributed by atoms with E-state index in [-0.39, 0.29) is 5.60 Å². The third-order valence-electron chi connectivity index (χ3n) is 2.84. The van der Waals surface area contributed by atoms with Crippen LogP contribution in [0, 0.1) is 0 Å². The Kier molecular flexibility index (Phi) is 2.27. The minimum atomic E-state index is -0.873. The molecule has 0 atom stereocenters. The first-order valence-corrected chi connectivity index (χ1v) is 5.01. The molecule has 1 aliphatic heterocycles. The van der Waals surface area contributed by atoms with Crippen molar-refractivity contribution in [3.63, 3.8) is 0 Å². The van der Waals surface area contributed by atoms with E-state index in [1.54, 1.807) is 12.1 Å². The Morgan fingerprint density at radius 3 is 2.87 bits per heavy atom. The monoisotopic (exact) mass is 206 g/mol. The molecule has 0 fully saturated rings. The third kappa shape index (κ3) is 1.75. The van der Waals surface area contributed by atoms with Crippen molar-refractivity contribution in [1.29, 1.82) is 0 Å². The summed E-state index contributed by atoms with van der Waals surface area (Å²) in [6, 6.07) is 5.25. The van der Waals surface area contributed by atoms with Crippen molar-refractivity contribution in [1.82, 2.24) is 0 Å². The average Bonchev–Trinajstić information content (AvgIpc) is 2.16. The fourth-order valence-corrected chi connectivity index (χ4v) is 2.01. The van der Waals surface area contributed by atoms with Crippen molar-refractivity contribution in [2.75, 3.05) is 6.61 Å². The molecule has 0 saturated carbocycles. The molecule has 15 heavy (non-hydrogen) atoms. The lowest BCUT2D eigenvalue weighted by molar-refractivity contribution is -0.0315. The summed E-state index contributed by atoms with van der Waals surface area (Å²) < 4.78 is 5.64. The molecule has 2 rings (SSSR count). The van der Waals surface area contributed by atoms with Gasteiger partial charge in [0, 0.05) is 0 Å². The molecule has 1 aromatic rings. The van der Waals surface area contributed by atoms with Gasteiger partial charge in [-0.05, 0) is 43.5 Å². The molecule has 3 heteroatoms. The molecular formula is C12H14O3. The van der Waals surface area contributed by atoms with E-state index in [9.17, 15) is 4.79 Å². The normalized spacial score (nSPS) is 18.3. The van der Waals surface area contributed by atoms with E-state index in [1.807, 2.05) is 19.9 Å². The predicted molar refractivity (Wildman–Crippen MR) is 56.1 cm³/mol. The minimum absolute atomic E-state index is 0.301. The lowest BCUT2D eigenvalue weighted by Gasteiger charge is -2.32. The number of aromatic carboxylic acids is 1. The molecule has 1 heterocycles. The van der Waals surface area contributed by atoms with Gasteiger partial charge in [-0.1, -0.05) is 6.07 Å². The maximum atomic E-state index is 10.8. The summed E-state index contributed by atoms with van der Waals surface area (Å²) in [4.78, 5) is 10.8. The van der Waals surface area contributed by atoms with E-state index in [0.717, 1.165) is 17.5 Å². The standard InChI is InChI=1S/C12H14O3/c1-12(2)10-4-3-9(11(13)14)7-8(10)5-6-15-12/h3-4,7H,5-6H2,1-2H3,(H,13,14). The van der Waals surface area contributed by atoms with E-state index in [0.29, 0.717) is 12.2 Å². The molecule has 3 nitrogen and oxygen atoms in total. The molecule has 0 saturated heterocycles. The van der Waals surface area contributed by atoms with Gasteiger partial charge in [-0.25, -0.2) is 4.79 Å². The first-order valence-electron chi connectivity index (χ1n) is 5.01. The van der Waals surface area contributed by atoms with Crippen molar-refractivity contribution >= 4 is 5.97 Å². The van der Waals surface area contributed by atoms with Crippen LogP contribution in [0.5, 0.6) is 0 Å². The van der Waals surface area contributed by atoms with E-state index in [1.165, 1.54) is 0 Å². The molecule has 0 bridgehead atoms. The molecule has 1 N–H and O–H groups in total. The van der Waals surface area contributed by atoms with Crippen molar-refractivity contribution in [3.05, 3.63) is 34.9 Å². The topological polar surface area (TPSA) is 46.5 Å². The number of hydrogen-bond donors (Lipinski definition) is 1. The third-order valence-corrected chi connectivity index (χ3v) is 2.84. The van der Waals surface area contributed by atoms with Crippen LogP contribution in [0.15, 0.2) is 18.2 Å². The van der Waals surface area contributed by atoms with E-state index >= 15 is 0 Å². The number of carboxylic acid groups (broad SMARTS) is 1. The van der Waals surface area contributed by atoms with Crippen LogP contribution in [0.4, 0.5) is 0 Å². The fourth-order valence-electron chi connectivity index (χ4n) is 2.01. The van der Waals surface area contributed by atoms with Gasteiger partial charge in [0.05, 0.1) is 17.8 Å². The zero-order chi connectivity index (χ0) is 11.1. The molecule has 1 aromatic carbocycles. The zero-order valence-electron chi connectivity index (χ0n) is 8.91. The van der Waals surface area contributed by atoms with Crippen molar-refractivity contribution in [2.24, 2.45) is 0 Å². The van der Waals surface area contributed by atoms with Gasteiger partial charge in [-0.3, -0.25) is 0 Å². The SMILES string of the molecule is CC1(C)OCCc2cc(C(=O)O)ccc21. The zero-order valence-corrected chi connectivity index (χ0v) is 8.91. The van der Waals surface area contributed by atoms with E-state index < -0.39 is 5.97 Å². The van der Waals surface area contributed by atoms with Crippen molar-refractivity contribution < 1.29 is 14.6 Å². The highest BCUT2D eigenvalue weighted by Gasteiger charge is 2.28. The summed E-state index contributed by atoms with van der Waals surface area (Å²) >= 11 is 0. The quantitative estimate of drug-likeness (QED) is 0.766. The van der Waals surface area contributed by atoms with Gasteiger partial charge in [0.1, 0.15) is 0 Å². The second-order valence-corrected chi connectivity index (χ2v) is 4.29. The van der Waals surface area contributed by atoms with Gasteiger partial charge >= 0.3 is 5.97 Å². The largest absolute Gasteiger partial charge is 0.478 e. The summed E-state index contributed by atoms with van der Waals surface area (Å²) in [6.45, 7) is 4.67. The summed E-state index contributed by atoms with van der Waals surface area (Å²) in [5.74, 6) is -0.873. The number of carbonyl (C=O) groups is 1. The highest BCUT2D eigenvalue weighted by Crippen LogP contribution is 2.32. The summed E-state index contributed by atoms with van der Waals surface area (Å²) in [7, 11) is 0. The Bertz CT molecular complexity index is 407. The molecule has 80 valence electrons. The summed E-state index contributed by atoms with van der Waals surface area (Å²) in [5.41, 5.74) is 2.24. The Morgan fingerprint density at radius 1 is 1.47 bits per heavy atom. The molecule has 0 aromatic heterocycles. The minimum Gasteiger partial charge on any atom is -0.478 e. The van der Waals surface area contributed by atoms with Crippen LogP contribution in [0.3, 0.4) is 0 Å². The van der Waals surface area contributed by atoms with E-state index in [2.05, 4.69) is 0 Å². The smallest absolute Gasteiger partial charge is 0.335 e. The van der Waals surface area contributed by atoms with Crippen molar-refractivity contribution in [3.8, 4) is 0 Å². The van der Waals surface area contributed by atoms with Crippen molar-refractivity contribution in [2.45, 2.75) is 25.9 Å². The van der Waals surface area contributed by atoms with Gasteiger partial charge in [0.2, 0.25) is 0 Å². The molecule has 0 amide bonds. The molecule has 0 aliphatic carbocycles. The highest BCUT2D eigenvalue weighted by atomic mass is 16.5. The Hall–Kier alpha value is -1.35. The van der Waals surface area contributed by atoms with Crippen LogP contribution in [0.1, 0.15) is 35.3 Å². The summed E-state index contributed by atoms with van der Waals surface area (Å²) in [6.07, 6.45) is 0.792. The maximum Gasteiger partial charge on any atom is 0.335 e. The second kappa shape index (κ2) is 3.35. The van der Waals surface area contributed by atoms with Gasteiger partial charge in [-0.2, -0.15) is 0 Å². The molecule has 0 spiro atoms. The molecular weight excluding hydrogens is 192 g/mol. The first-order chi connectivity index (χ1) is 7.00.